The van der Waals surface area contributed by atoms with Crippen LogP contribution in [0.15, 0.2) is 42.6 Å². The predicted molar refractivity (Wildman–Crippen MR) is 138 cm³/mol. The van der Waals surface area contributed by atoms with E-state index in [1.54, 1.807) is 7.05 Å². The minimum atomic E-state index is -3.16. The lowest BCUT2D eigenvalue weighted by molar-refractivity contribution is 0.332. The third kappa shape index (κ3) is 5.31. The summed E-state index contributed by atoms with van der Waals surface area (Å²) < 4.78 is 54.5. The van der Waals surface area contributed by atoms with E-state index in [9.17, 15) is 17.2 Å². The van der Waals surface area contributed by atoms with Crippen LogP contribution in [-0.4, -0.2) is 65.3 Å². The first-order chi connectivity index (χ1) is 17.7. The van der Waals surface area contributed by atoms with E-state index < -0.39 is 21.7 Å². The summed E-state index contributed by atoms with van der Waals surface area (Å²) in [5.41, 5.74) is 3.43. The fourth-order valence-corrected chi connectivity index (χ4v) is 5.45. The van der Waals surface area contributed by atoms with Crippen LogP contribution < -0.4 is 10.6 Å². The van der Waals surface area contributed by atoms with Gasteiger partial charge in [-0.25, -0.2) is 31.5 Å². The molecule has 3 N–H and O–H groups in total. The van der Waals surface area contributed by atoms with Gasteiger partial charge in [0.05, 0.1) is 18.0 Å². The minimum Gasteiger partial charge on any atom is -0.382 e. The second-order valence-corrected chi connectivity index (χ2v) is 11.1. The second kappa shape index (κ2) is 10.1. The number of hydrogen-bond acceptors (Lipinski definition) is 7. The van der Waals surface area contributed by atoms with E-state index in [1.807, 2.05) is 24.3 Å². The maximum absolute atomic E-state index is 14.8. The van der Waals surface area contributed by atoms with E-state index in [1.165, 1.54) is 28.9 Å². The summed E-state index contributed by atoms with van der Waals surface area (Å²) in [6.45, 7) is 1.33. The maximum Gasteiger partial charge on any atom is 0.211 e. The van der Waals surface area contributed by atoms with Gasteiger partial charge >= 0.3 is 0 Å². The summed E-state index contributed by atoms with van der Waals surface area (Å²) in [4.78, 5) is 8.60. The zero-order valence-electron chi connectivity index (χ0n) is 20.4. The summed E-state index contributed by atoms with van der Waals surface area (Å²) in [5.74, 6) is -1.51. The molecule has 2 aromatic carbocycles. The Kier molecular flexibility index (Phi) is 6.88. The molecule has 0 spiro atoms. The van der Waals surface area contributed by atoms with E-state index in [0.29, 0.717) is 41.9 Å². The number of fused-ring (bicyclic) bond motifs is 1. The Labute approximate surface area is 213 Å². The number of nitrogens with zero attached hydrogens (tertiary/aromatic N) is 4. The van der Waals surface area contributed by atoms with Gasteiger partial charge in [-0.1, -0.05) is 12.1 Å². The van der Waals surface area contributed by atoms with Crippen molar-refractivity contribution in [2.45, 2.75) is 25.4 Å². The van der Waals surface area contributed by atoms with Crippen LogP contribution in [0.25, 0.3) is 33.7 Å². The molecular formula is C25H27F2N7O2S. The average Bonchev–Trinajstić information content (AvgIpc) is 3.28. The molecule has 194 valence electrons. The third-order valence-corrected chi connectivity index (χ3v) is 7.76. The van der Waals surface area contributed by atoms with Gasteiger partial charge in [-0.2, -0.15) is 5.10 Å². The Morgan fingerprint density at radius 3 is 2.41 bits per heavy atom. The zero-order valence-corrected chi connectivity index (χ0v) is 21.2. The van der Waals surface area contributed by atoms with Gasteiger partial charge in [-0.15, -0.1) is 0 Å². The molecule has 1 aliphatic heterocycles. The molecule has 12 heteroatoms. The molecule has 0 unspecified atom stereocenters. The SMILES string of the molecule is CNCc1cc(F)c(-c2ncc3[nH]nc(-c4ccc(NC5CCN(S(C)(=O)=O)CC5)cc4)c3n2)c(F)c1. The fourth-order valence-electron chi connectivity index (χ4n) is 4.57. The van der Waals surface area contributed by atoms with Crippen molar-refractivity contribution in [3.05, 3.63) is 59.8 Å². The summed E-state index contributed by atoms with van der Waals surface area (Å²) in [6, 6.07) is 10.3. The van der Waals surface area contributed by atoms with E-state index in [-0.39, 0.29) is 17.4 Å². The van der Waals surface area contributed by atoms with Crippen molar-refractivity contribution in [2.75, 3.05) is 31.7 Å². The Morgan fingerprint density at radius 2 is 1.78 bits per heavy atom. The number of aromatic nitrogens is 4. The Morgan fingerprint density at radius 1 is 1.11 bits per heavy atom. The van der Waals surface area contributed by atoms with E-state index >= 15 is 0 Å². The van der Waals surface area contributed by atoms with Gasteiger partial charge in [0, 0.05) is 36.9 Å². The number of halogens is 2. The van der Waals surface area contributed by atoms with Gasteiger partial charge in [0.2, 0.25) is 10.0 Å². The summed E-state index contributed by atoms with van der Waals surface area (Å²) in [5, 5.41) is 13.6. The molecule has 0 atom stereocenters. The number of nitrogens with one attached hydrogen (secondary N) is 3. The molecule has 0 radical (unpaired) electrons. The second-order valence-electron chi connectivity index (χ2n) is 9.15. The number of hydrogen-bond donors (Lipinski definition) is 3. The first kappa shape index (κ1) is 25.2. The van der Waals surface area contributed by atoms with Crippen molar-refractivity contribution in [2.24, 2.45) is 0 Å². The molecule has 5 rings (SSSR count). The molecule has 1 saturated heterocycles. The lowest BCUT2D eigenvalue weighted by Crippen LogP contribution is -2.41. The van der Waals surface area contributed by atoms with Crippen LogP contribution in [-0.2, 0) is 16.6 Å². The highest BCUT2D eigenvalue weighted by molar-refractivity contribution is 7.88. The fraction of sp³-hybridized carbons (Fsp3) is 0.320. The smallest absolute Gasteiger partial charge is 0.211 e. The molecule has 0 bridgehead atoms. The number of piperidine rings is 1. The molecule has 4 aromatic rings. The van der Waals surface area contributed by atoms with Gasteiger partial charge < -0.3 is 10.6 Å². The van der Waals surface area contributed by atoms with Crippen molar-refractivity contribution in [1.29, 1.82) is 0 Å². The quantitative estimate of drug-likeness (QED) is 0.337. The van der Waals surface area contributed by atoms with Crippen LogP contribution in [0.2, 0.25) is 0 Å². The van der Waals surface area contributed by atoms with Crippen LogP contribution in [0.1, 0.15) is 18.4 Å². The van der Waals surface area contributed by atoms with E-state index in [4.69, 9.17) is 0 Å². The molecule has 0 amide bonds. The molecule has 1 fully saturated rings. The third-order valence-electron chi connectivity index (χ3n) is 6.46. The summed E-state index contributed by atoms with van der Waals surface area (Å²) in [6.07, 6.45) is 4.15. The van der Waals surface area contributed by atoms with Crippen LogP contribution >= 0.6 is 0 Å². The monoisotopic (exact) mass is 527 g/mol. The van der Waals surface area contributed by atoms with Crippen LogP contribution in [0.4, 0.5) is 14.5 Å². The van der Waals surface area contributed by atoms with E-state index in [0.717, 1.165) is 24.1 Å². The van der Waals surface area contributed by atoms with Gasteiger partial charge in [-0.3, -0.25) is 5.10 Å². The number of benzene rings is 2. The number of aromatic amines is 1. The zero-order chi connectivity index (χ0) is 26.2. The summed E-state index contributed by atoms with van der Waals surface area (Å²) in [7, 11) is -1.46. The predicted octanol–water partition coefficient (Wildman–Crippen LogP) is 3.52. The molecule has 3 heterocycles. The molecule has 0 saturated carbocycles. The Hall–Kier alpha value is -3.48. The van der Waals surface area contributed by atoms with Crippen molar-refractivity contribution in [1.82, 2.24) is 29.8 Å². The number of sulfonamides is 1. The summed E-state index contributed by atoms with van der Waals surface area (Å²) >= 11 is 0. The van der Waals surface area contributed by atoms with E-state index in [2.05, 4.69) is 30.8 Å². The van der Waals surface area contributed by atoms with Crippen molar-refractivity contribution in [3.8, 4) is 22.6 Å². The highest BCUT2D eigenvalue weighted by atomic mass is 32.2. The largest absolute Gasteiger partial charge is 0.382 e. The highest BCUT2D eigenvalue weighted by Gasteiger charge is 2.25. The van der Waals surface area contributed by atoms with Gasteiger partial charge in [0.25, 0.3) is 0 Å². The molecule has 37 heavy (non-hydrogen) atoms. The first-order valence-corrected chi connectivity index (χ1v) is 13.7. The standard InChI is InChI=1S/C25H27F2N7O2S/c1-28-13-15-11-19(26)22(20(27)12-15)25-29-14-21-24(31-25)23(33-32-21)16-3-5-17(6-4-16)30-18-7-9-34(10-8-18)37(2,35)36/h3-6,11-12,14,18,28,30H,7-10,13H2,1-2H3,(H,32,33). The van der Waals surface area contributed by atoms with Gasteiger partial charge in [-0.05, 0) is 49.7 Å². The molecule has 1 aliphatic rings. The van der Waals surface area contributed by atoms with Gasteiger partial charge in [0.15, 0.2) is 5.82 Å². The number of anilines is 1. The van der Waals surface area contributed by atoms with Gasteiger partial charge in [0.1, 0.15) is 28.4 Å². The Balaban J connectivity index is 1.37. The maximum atomic E-state index is 14.8. The minimum absolute atomic E-state index is 0.0557. The van der Waals surface area contributed by atoms with Crippen LogP contribution in [0.5, 0.6) is 0 Å². The molecule has 9 nitrogen and oxygen atoms in total. The Bertz CT molecular complexity index is 1510. The number of rotatable bonds is 7. The molecule has 2 aromatic heterocycles. The average molecular weight is 528 g/mol. The lowest BCUT2D eigenvalue weighted by atomic mass is 10.1. The van der Waals surface area contributed by atoms with Crippen LogP contribution in [0.3, 0.4) is 0 Å². The number of H-pyrrole nitrogens is 1. The highest BCUT2D eigenvalue weighted by Crippen LogP contribution is 2.30. The van der Waals surface area contributed by atoms with Crippen molar-refractivity contribution in [3.63, 3.8) is 0 Å². The molecular weight excluding hydrogens is 500 g/mol. The normalized spacial score (nSPS) is 15.4. The van der Waals surface area contributed by atoms with Crippen molar-refractivity contribution < 1.29 is 17.2 Å². The van der Waals surface area contributed by atoms with Crippen molar-refractivity contribution >= 4 is 26.7 Å². The molecule has 0 aliphatic carbocycles. The topological polar surface area (TPSA) is 116 Å². The lowest BCUT2D eigenvalue weighted by Gasteiger charge is -2.31. The van der Waals surface area contributed by atoms with Crippen LogP contribution in [0, 0.1) is 11.6 Å². The first-order valence-electron chi connectivity index (χ1n) is 11.9.